The Balaban J connectivity index is 0.00000353. The average molecular weight is 506 g/mol. The van der Waals surface area contributed by atoms with E-state index >= 15 is 0 Å². The lowest BCUT2D eigenvalue weighted by atomic mass is 10.1. The molecule has 196 valence electrons. The third-order valence-electron chi connectivity index (χ3n) is 7.18. The van der Waals surface area contributed by atoms with Gasteiger partial charge in [0.2, 0.25) is 0 Å². The van der Waals surface area contributed by atoms with Crippen LogP contribution in [0.1, 0.15) is 58.1 Å². The molecule has 0 aliphatic rings. The van der Waals surface area contributed by atoms with Gasteiger partial charge in [0.05, 0.1) is 0 Å². The summed E-state index contributed by atoms with van der Waals surface area (Å²) in [5.41, 5.74) is 11.7. The zero-order valence-electron chi connectivity index (χ0n) is 23.4. The number of pyridine rings is 3. The summed E-state index contributed by atoms with van der Waals surface area (Å²) in [7, 11) is 0. The second-order valence-corrected chi connectivity index (χ2v) is 10.5. The van der Waals surface area contributed by atoms with Gasteiger partial charge < -0.3 is 9.13 Å². The largest absolute Gasteiger partial charge is 0.303 e. The SMILES string of the molecule is Cc1cc(CCc2cccc(CCc3cc(C)nc(-n4c(C)ccc4C)c3)n2)nc(-n2c(C)ccc2C)c1.[HH]. The van der Waals surface area contributed by atoms with Crippen molar-refractivity contribution < 1.29 is 1.43 Å². The third-order valence-corrected chi connectivity index (χ3v) is 7.18. The molecule has 5 aromatic rings. The molecular formula is C33H39N5. The maximum Gasteiger partial charge on any atom is 0.137 e. The van der Waals surface area contributed by atoms with Crippen molar-refractivity contribution in [3.63, 3.8) is 0 Å². The summed E-state index contributed by atoms with van der Waals surface area (Å²) < 4.78 is 4.44. The highest BCUT2D eigenvalue weighted by Gasteiger charge is 2.10. The molecule has 38 heavy (non-hydrogen) atoms. The quantitative estimate of drug-likeness (QED) is 0.226. The monoisotopic (exact) mass is 505 g/mol. The van der Waals surface area contributed by atoms with Gasteiger partial charge in [-0.1, -0.05) is 6.07 Å². The van der Waals surface area contributed by atoms with Crippen LogP contribution >= 0.6 is 0 Å². The number of aryl methyl sites for hydroxylation is 10. The van der Waals surface area contributed by atoms with E-state index in [-0.39, 0.29) is 1.43 Å². The van der Waals surface area contributed by atoms with Gasteiger partial charge in [-0.15, -0.1) is 0 Å². The highest BCUT2D eigenvalue weighted by Crippen LogP contribution is 2.19. The fraction of sp³-hybridized carbons (Fsp3) is 0.303. The first-order valence-corrected chi connectivity index (χ1v) is 13.5. The van der Waals surface area contributed by atoms with Crippen molar-refractivity contribution in [3.8, 4) is 11.6 Å². The number of hydrogen-bond acceptors (Lipinski definition) is 3. The standard InChI is InChI=1S/C33H37N5.H2/c1-22-18-31(36-32(19-22)37-24(3)10-11-25(37)4)17-16-30-9-7-8-29(35-30)15-14-28-20-23(2)34-33(21-28)38-26(5)12-13-27(38)6;/h7-13,18-21H,14-17H2,1-6H3;1H. The molecular weight excluding hydrogens is 466 g/mol. The fourth-order valence-electron chi connectivity index (χ4n) is 5.34. The molecule has 0 atom stereocenters. The topological polar surface area (TPSA) is 48.5 Å². The third kappa shape index (κ3) is 5.62. The van der Waals surface area contributed by atoms with E-state index in [1.165, 1.54) is 33.9 Å². The lowest BCUT2D eigenvalue weighted by Gasteiger charge is -2.12. The van der Waals surface area contributed by atoms with Crippen molar-refractivity contribution in [2.45, 2.75) is 67.2 Å². The van der Waals surface area contributed by atoms with Crippen LogP contribution in [-0.2, 0) is 25.7 Å². The van der Waals surface area contributed by atoms with Crippen LogP contribution in [0.15, 0.2) is 66.7 Å². The second-order valence-electron chi connectivity index (χ2n) is 10.5. The van der Waals surface area contributed by atoms with Crippen LogP contribution in [0.5, 0.6) is 0 Å². The predicted octanol–water partition coefficient (Wildman–Crippen LogP) is 7.12. The van der Waals surface area contributed by atoms with Crippen LogP contribution in [0.25, 0.3) is 11.6 Å². The first kappa shape index (κ1) is 25.7. The molecule has 0 saturated carbocycles. The van der Waals surface area contributed by atoms with Gasteiger partial charge in [0.1, 0.15) is 11.6 Å². The Hall–Kier alpha value is -3.99. The smallest absolute Gasteiger partial charge is 0.137 e. The molecule has 5 heterocycles. The minimum Gasteiger partial charge on any atom is -0.303 e. The predicted molar refractivity (Wildman–Crippen MR) is 157 cm³/mol. The van der Waals surface area contributed by atoms with E-state index in [9.17, 15) is 0 Å². The van der Waals surface area contributed by atoms with Gasteiger partial charge in [-0.05, 0) is 139 Å². The Labute approximate surface area is 227 Å². The fourth-order valence-corrected chi connectivity index (χ4v) is 5.34. The first-order valence-electron chi connectivity index (χ1n) is 13.5. The van der Waals surface area contributed by atoms with E-state index in [2.05, 4.69) is 117 Å². The molecule has 0 radical (unpaired) electrons. The Kier molecular flexibility index (Phi) is 7.28. The van der Waals surface area contributed by atoms with Gasteiger partial charge in [0.25, 0.3) is 0 Å². The van der Waals surface area contributed by atoms with Crippen LogP contribution in [0, 0.1) is 41.5 Å². The summed E-state index contributed by atoms with van der Waals surface area (Å²) in [6.45, 7) is 12.7. The van der Waals surface area contributed by atoms with Gasteiger partial charge in [-0.2, -0.15) is 0 Å². The highest BCUT2D eigenvalue weighted by molar-refractivity contribution is 5.37. The molecule has 5 aromatic heterocycles. The van der Waals surface area contributed by atoms with Crippen LogP contribution in [0.4, 0.5) is 0 Å². The molecule has 0 aliphatic carbocycles. The van der Waals surface area contributed by atoms with Crippen molar-refractivity contribution in [1.29, 1.82) is 0 Å². The van der Waals surface area contributed by atoms with E-state index in [0.717, 1.165) is 60.1 Å². The van der Waals surface area contributed by atoms with Crippen molar-refractivity contribution in [1.82, 2.24) is 24.1 Å². The van der Waals surface area contributed by atoms with Gasteiger partial charge >= 0.3 is 0 Å². The zero-order valence-corrected chi connectivity index (χ0v) is 23.4. The van der Waals surface area contributed by atoms with Gasteiger partial charge in [-0.3, -0.25) is 4.98 Å². The molecule has 5 nitrogen and oxygen atoms in total. The van der Waals surface area contributed by atoms with Crippen LogP contribution in [-0.4, -0.2) is 24.1 Å². The lowest BCUT2D eigenvalue weighted by Crippen LogP contribution is -2.06. The van der Waals surface area contributed by atoms with Gasteiger partial charge in [-0.25, -0.2) is 9.97 Å². The average Bonchev–Trinajstić information content (AvgIpc) is 3.40. The van der Waals surface area contributed by atoms with Gasteiger partial charge in [0.15, 0.2) is 0 Å². The second kappa shape index (κ2) is 10.8. The van der Waals surface area contributed by atoms with E-state index in [0.29, 0.717) is 0 Å². The number of hydrogen-bond donors (Lipinski definition) is 0. The molecule has 0 saturated heterocycles. The van der Waals surface area contributed by atoms with E-state index < -0.39 is 0 Å². The summed E-state index contributed by atoms with van der Waals surface area (Å²) in [5, 5.41) is 0. The lowest BCUT2D eigenvalue weighted by molar-refractivity contribution is 0.825. The summed E-state index contributed by atoms with van der Waals surface area (Å²) in [6, 6.07) is 23.7. The number of rotatable bonds is 8. The molecule has 0 fully saturated rings. The molecule has 0 aliphatic heterocycles. The Morgan fingerprint density at radius 3 is 1.66 bits per heavy atom. The number of nitrogens with zero attached hydrogens (tertiary/aromatic N) is 5. The van der Waals surface area contributed by atoms with E-state index in [4.69, 9.17) is 15.0 Å². The molecule has 0 aromatic carbocycles. The molecule has 0 spiro atoms. The first-order chi connectivity index (χ1) is 18.3. The maximum atomic E-state index is 5.00. The van der Waals surface area contributed by atoms with Crippen molar-refractivity contribution in [2.24, 2.45) is 0 Å². The van der Waals surface area contributed by atoms with E-state index in [1.54, 1.807) is 0 Å². The molecule has 0 N–H and O–H groups in total. The summed E-state index contributed by atoms with van der Waals surface area (Å²) >= 11 is 0. The minimum absolute atomic E-state index is 0. The number of aromatic nitrogens is 5. The molecule has 5 heteroatoms. The summed E-state index contributed by atoms with van der Waals surface area (Å²) in [5.74, 6) is 2.00. The van der Waals surface area contributed by atoms with Crippen LogP contribution in [0.2, 0.25) is 0 Å². The molecule has 0 bridgehead atoms. The Morgan fingerprint density at radius 1 is 0.526 bits per heavy atom. The maximum absolute atomic E-state index is 5.00. The molecule has 5 rings (SSSR count). The van der Waals surface area contributed by atoms with E-state index in [1.807, 2.05) is 0 Å². The van der Waals surface area contributed by atoms with Crippen molar-refractivity contribution >= 4 is 0 Å². The summed E-state index contributed by atoms with van der Waals surface area (Å²) in [6.07, 6.45) is 3.58. The van der Waals surface area contributed by atoms with Gasteiger partial charge in [0, 0.05) is 47.0 Å². The summed E-state index contributed by atoms with van der Waals surface area (Å²) in [4.78, 5) is 14.8. The minimum atomic E-state index is 0. The van der Waals surface area contributed by atoms with Crippen molar-refractivity contribution in [2.75, 3.05) is 0 Å². The van der Waals surface area contributed by atoms with Crippen LogP contribution < -0.4 is 0 Å². The normalized spacial score (nSPS) is 11.3. The molecule has 0 amide bonds. The highest BCUT2D eigenvalue weighted by atomic mass is 15.1. The molecule has 0 unspecified atom stereocenters. The zero-order chi connectivity index (χ0) is 26.8. The van der Waals surface area contributed by atoms with Crippen LogP contribution in [0.3, 0.4) is 0 Å². The Morgan fingerprint density at radius 2 is 1.05 bits per heavy atom. The Bertz CT molecular complexity index is 1440. The van der Waals surface area contributed by atoms with Crippen molar-refractivity contribution in [3.05, 3.63) is 123 Å².